The van der Waals surface area contributed by atoms with Crippen molar-refractivity contribution in [3.8, 4) is 0 Å². The van der Waals surface area contributed by atoms with Gasteiger partial charge in [0.05, 0.1) is 12.6 Å². The molecule has 0 aliphatic rings. The standard InChI is InChI=1S/C18H21NO2/c1-13(2)14-8-10-16(11-9-14)18(21)19-17(12-20)15-6-4-3-5-7-15/h3-11,13,17,20H,12H2,1-2H3,(H,19,21). The zero-order valence-electron chi connectivity index (χ0n) is 12.4. The molecule has 0 bridgehead atoms. The Bertz CT molecular complexity index is 576. The van der Waals surface area contributed by atoms with Crippen molar-refractivity contribution >= 4 is 5.91 Å². The van der Waals surface area contributed by atoms with Gasteiger partial charge in [0.15, 0.2) is 0 Å². The van der Waals surface area contributed by atoms with Crippen LogP contribution in [0.1, 0.15) is 47.3 Å². The van der Waals surface area contributed by atoms with Crippen molar-refractivity contribution in [3.05, 3.63) is 71.3 Å². The van der Waals surface area contributed by atoms with Gasteiger partial charge >= 0.3 is 0 Å². The van der Waals surface area contributed by atoms with E-state index in [1.165, 1.54) is 5.56 Å². The molecule has 0 fully saturated rings. The van der Waals surface area contributed by atoms with Crippen molar-refractivity contribution < 1.29 is 9.90 Å². The van der Waals surface area contributed by atoms with Crippen LogP contribution in [0.25, 0.3) is 0 Å². The number of carbonyl (C=O) groups is 1. The molecular weight excluding hydrogens is 262 g/mol. The smallest absolute Gasteiger partial charge is 0.251 e. The van der Waals surface area contributed by atoms with Gasteiger partial charge in [-0.2, -0.15) is 0 Å². The van der Waals surface area contributed by atoms with E-state index in [2.05, 4.69) is 19.2 Å². The number of carbonyl (C=O) groups excluding carboxylic acids is 1. The van der Waals surface area contributed by atoms with Gasteiger partial charge in [0.1, 0.15) is 0 Å². The third-order valence-corrected chi connectivity index (χ3v) is 3.53. The minimum atomic E-state index is -0.386. The summed E-state index contributed by atoms with van der Waals surface area (Å²) in [7, 11) is 0. The molecule has 0 aromatic heterocycles. The monoisotopic (exact) mass is 283 g/mol. The lowest BCUT2D eigenvalue weighted by atomic mass is 10.0. The number of amides is 1. The van der Waals surface area contributed by atoms with Crippen molar-refractivity contribution in [1.82, 2.24) is 5.32 Å². The highest BCUT2D eigenvalue weighted by molar-refractivity contribution is 5.94. The fourth-order valence-corrected chi connectivity index (χ4v) is 2.18. The van der Waals surface area contributed by atoms with E-state index in [1.807, 2.05) is 54.6 Å². The molecule has 21 heavy (non-hydrogen) atoms. The van der Waals surface area contributed by atoms with Gasteiger partial charge in [0.25, 0.3) is 5.91 Å². The second kappa shape index (κ2) is 7.04. The normalized spacial score (nSPS) is 12.2. The number of nitrogens with one attached hydrogen (secondary N) is 1. The fraction of sp³-hybridized carbons (Fsp3) is 0.278. The van der Waals surface area contributed by atoms with Crippen LogP contribution in [0, 0.1) is 0 Å². The average molecular weight is 283 g/mol. The molecule has 1 atom stereocenters. The number of rotatable bonds is 5. The van der Waals surface area contributed by atoms with E-state index in [0.717, 1.165) is 5.56 Å². The van der Waals surface area contributed by atoms with Crippen LogP contribution >= 0.6 is 0 Å². The van der Waals surface area contributed by atoms with Crippen LogP contribution in [-0.4, -0.2) is 17.6 Å². The first-order valence-electron chi connectivity index (χ1n) is 7.18. The summed E-state index contributed by atoms with van der Waals surface area (Å²) < 4.78 is 0. The average Bonchev–Trinajstić information content (AvgIpc) is 2.53. The molecule has 0 saturated carbocycles. The number of hydrogen-bond acceptors (Lipinski definition) is 2. The number of aliphatic hydroxyl groups excluding tert-OH is 1. The van der Waals surface area contributed by atoms with E-state index < -0.39 is 0 Å². The molecule has 0 heterocycles. The van der Waals surface area contributed by atoms with Crippen LogP contribution in [0.3, 0.4) is 0 Å². The maximum Gasteiger partial charge on any atom is 0.251 e. The van der Waals surface area contributed by atoms with E-state index >= 15 is 0 Å². The summed E-state index contributed by atoms with van der Waals surface area (Å²) in [6.07, 6.45) is 0. The van der Waals surface area contributed by atoms with Crippen molar-refractivity contribution in [2.75, 3.05) is 6.61 Å². The van der Waals surface area contributed by atoms with Gasteiger partial charge in [-0.05, 0) is 29.2 Å². The molecule has 1 amide bonds. The lowest BCUT2D eigenvalue weighted by Crippen LogP contribution is -2.30. The molecule has 1 unspecified atom stereocenters. The first-order chi connectivity index (χ1) is 10.1. The van der Waals surface area contributed by atoms with Gasteiger partial charge in [-0.15, -0.1) is 0 Å². The molecule has 2 rings (SSSR count). The Kier molecular flexibility index (Phi) is 5.12. The minimum absolute atomic E-state index is 0.125. The molecule has 0 radical (unpaired) electrons. The van der Waals surface area contributed by atoms with Crippen molar-refractivity contribution in [3.63, 3.8) is 0 Å². The molecule has 0 aliphatic heterocycles. The van der Waals surface area contributed by atoms with Crippen LogP contribution in [0.2, 0.25) is 0 Å². The minimum Gasteiger partial charge on any atom is -0.394 e. The third-order valence-electron chi connectivity index (χ3n) is 3.53. The Hall–Kier alpha value is -2.13. The van der Waals surface area contributed by atoms with Gasteiger partial charge in [-0.3, -0.25) is 4.79 Å². The topological polar surface area (TPSA) is 49.3 Å². The Balaban J connectivity index is 2.09. The van der Waals surface area contributed by atoms with Crippen LogP contribution in [0.15, 0.2) is 54.6 Å². The van der Waals surface area contributed by atoms with Crippen molar-refractivity contribution in [2.45, 2.75) is 25.8 Å². The summed E-state index contributed by atoms with van der Waals surface area (Å²) in [6.45, 7) is 4.11. The lowest BCUT2D eigenvalue weighted by Gasteiger charge is -2.17. The van der Waals surface area contributed by atoms with Gasteiger partial charge in [-0.25, -0.2) is 0 Å². The van der Waals surface area contributed by atoms with E-state index in [-0.39, 0.29) is 18.6 Å². The fourth-order valence-electron chi connectivity index (χ4n) is 2.18. The Morgan fingerprint density at radius 3 is 2.14 bits per heavy atom. The maximum atomic E-state index is 12.2. The SMILES string of the molecule is CC(C)c1ccc(C(=O)NC(CO)c2ccccc2)cc1. The first-order valence-corrected chi connectivity index (χ1v) is 7.18. The molecule has 2 aromatic carbocycles. The summed E-state index contributed by atoms with van der Waals surface area (Å²) >= 11 is 0. The summed E-state index contributed by atoms with van der Waals surface area (Å²) in [4.78, 5) is 12.2. The van der Waals surface area contributed by atoms with Gasteiger partial charge in [-0.1, -0.05) is 56.3 Å². The van der Waals surface area contributed by atoms with Crippen LogP contribution in [-0.2, 0) is 0 Å². The quantitative estimate of drug-likeness (QED) is 0.884. The zero-order valence-corrected chi connectivity index (χ0v) is 12.4. The molecule has 2 aromatic rings. The third kappa shape index (κ3) is 3.92. The molecular formula is C18H21NO2. The second-order valence-electron chi connectivity index (χ2n) is 5.40. The second-order valence-corrected chi connectivity index (χ2v) is 5.40. The van der Waals surface area contributed by atoms with E-state index in [9.17, 15) is 9.90 Å². The number of benzene rings is 2. The summed E-state index contributed by atoms with van der Waals surface area (Å²) in [5.74, 6) is 0.268. The van der Waals surface area contributed by atoms with E-state index in [0.29, 0.717) is 11.5 Å². The Labute approximate surface area is 125 Å². The molecule has 0 aliphatic carbocycles. The van der Waals surface area contributed by atoms with Gasteiger partial charge in [0, 0.05) is 5.56 Å². The van der Waals surface area contributed by atoms with Crippen LogP contribution in [0.5, 0.6) is 0 Å². The van der Waals surface area contributed by atoms with Crippen LogP contribution in [0.4, 0.5) is 0 Å². The molecule has 0 saturated heterocycles. The van der Waals surface area contributed by atoms with E-state index in [1.54, 1.807) is 0 Å². The first kappa shape index (κ1) is 15.3. The molecule has 3 nitrogen and oxygen atoms in total. The molecule has 0 spiro atoms. The highest BCUT2D eigenvalue weighted by atomic mass is 16.3. The summed E-state index contributed by atoms with van der Waals surface area (Å²) in [6, 6.07) is 16.7. The highest BCUT2D eigenvalue weighted by Crippen LogP contribution is 2.16. The summed E-state index contributed by atoms with van der Waals surface area (Å²) in [5.41, 5.74) is 2.70. The molecule has 110 valence electrons. The molecule has 3 heteroatoms. The summed E-state index contributed by atoms with van der Waals surface area (Å²) in [5, 5.41) is 12.3. The Morgan fingerprint density at radius 1 is 1.00 bits per heavy atom. The van der Waals surface area contributed by atoms with Crippen LogP contribution < -0.4 is 5.32 Å². The predicted molar refractivity (Wildman–Crippen MR) is 84.3 cm³/mol. The molecule has 2 N–H and O–H groups in total. The maximum absolute atomic E-state index is 12.2. The van der Waals surface area contributed by atoms with E-state index in [4.69, 9.17) is 0 Å². The number of hydrogen-bond donors (Lipinski definition) is 2. The largest absolute Gasteiger partial charge is 0.394 e. The van der Waals surface area contributed by atoms with Crippen molar-refractivity contribution in [2.24, 2.45) is 0 Å². The Morgan fingerprint density at radius 2 is 1.62 bits per heavy atom. The van der Waals surface area contributed by atoms with Gasteiger partial charge in [0.2, 0.25) is 0 Å². The zero-order chi connectivity index (χ0) is 15.2. The number of aliphatic hydroxyl groups is 1. The lowest BCUT2D eigenvalue weighted by molar-refractivity contribution is 0.0916. The predicted octanol–water partition coefficient (Wildman–Crippen LogP) is 3.27. The highest BCUT2D eigenvalue weighted by Gasteiger charge is 2.14. The van der Waals surface area contributed by atoms with Gasteiger partial charge < -0.3 is 10.4 Å². The van der Waals surface area contributed by atoms with Crippen molar-refractivity contribution in [1.29, 1.82) is 0 Å².